The molecular weight excluding hydrogens is 236 g/mol. The number of carbonyl (C=O) groups is 1. The lowest BCUT2D eigenvalue weighted by Crippen LogP contribution is -2.23. The molecule has 16 heavy (non-hydrogen) atoms. The minimum atomic E-state index is -1.15. The van der Waals surface area contributed by atoms with Crippen molar-refractivity contribution in [1.82, 2.24) is 0 Å². The van der Waals surface area contributed by atoms with E-state index >= 15 is 0 Å². The molecular formula is C8H8N2O5S. The third-order valence-electron chi connectivity index (χ3n) is 1.89. The number of rotatable bonds is 2. The monoisotopic (exact) mass is 244 g/mol. The summed E-state index contributed by atoms with van der Waals surface area (Å²) in [5.41, 5.74) is -1.49. The molecule has 0 amide bonds. The minimum Gasteiger partial charge on any atom is -0.274 e. The smallest absolute Gasteiger partial charge is 0.274 e. The molecule has 0 aromatic carbocycles. The molecule has 0 atom stereocenters. The molecule has 0 aliphatic heterocycles. The van der Waals surface area contributed by atoms with Crippen molar-refractivity contribution in [2.75, 3.05) is 12.5 Å². The maximum atomic E-state index is 11.3. The van der Waals surface area contributed by atoms with E-state index in [2.05, 4.69) is 0 Å². The lowest BCUT2D eigenvalue weighted by molar-refractivity contribution is -0.433. The number of carbonyl (C=O) groups excluding carboxylic acids is 1. The van der Waals surface area contributed by atoms with Crippen molar-refractivity contribution in [2.24, 2.45) is 0 Å². The molecule has 0 fully saturated rings. The fourth-order valence-corrected chi connectivity index (χ4v) is 1.78. The van der Waals surface area contributed by atoms with Crippen LogP contribution in [0.4, 0.5) is 0 Å². The number of hydrogen-bond acceptors (Lipinski definition) is 5. The third kappa shape index (κ3) is 2.22. The van der Waals surface area contributed by atoms with Crippen LogP contribution in [0.25, 0.3) is 0 Å². The van der Waals surface area contributed by atoms with Gasteiger partial charge in [-0.25, -0.2) is 0 Å². The van der Waals surface area contributed by atoms with Crippen LogP contribution in [-0.2, 0) is 4.79 Å². The summed E-state index contributed by atoms with van der Waals surface area (Å²) in [5, 5.41) is 21.1. The number of hydrogen-bond donors (Lipinski definition) is 0. The SMILES string of the molecule is CS(C)=C1C=C([N+](=O)[O-])C(=O)C([N+](=O)[O-])=C1. The van der Waals surface area contributed by atoms with Crippen molar-refractivity contribution in [2.45, 2.75) is 0 Å². The van der Waals surface area contributed by atoms with Gasteiger partial charge in [0.1, 0.15) is 0 Å². The van der Waals surface area contributed by atoms with E-state index in [-0.39, 0.29) is 10.5 Å². The van der Waals surface area contributed by atoms with Gasteiger partial charge in [0, 0.05) is 17.0 Å². The van der Waals surface area contributed by atoms with Crippen LogP contribution in [0, 0.1) is 20.2 Å². The summed E-state index contributed by atoms with van der Waals surface area (Å²) in [4.78, 5) is 31.1. The number of allylic oxidation sites excluding steroid dienone is 2. The third-order valence-corrected chi connectivity index (χ3v) is 3.07. The summed E-state index contributed by atoms with van der Waals surface area (Å²) in [7, 11) is -0.389. The topological polar surface area (TPSA) is 103 Å². The minimum absolute atomic E-state index is 0.389. The Kier molecular flexibility index (Phi) is 3.33. The normalized spacial score (nSPS) is 15.9. The Morgan fingerprint density at radius 2 is 1.44 bits per heavy atom. The molecule has 8 heteroatoms. The second-order valence-electron chi connectivity index (χ2n) is 3.12. The largest absolute Gasteiger partial charge is 0.332 e. The van der Waals surface area contributed by atoms with Crippen LogP contribution in [0.3, 0.4) is 0 Å². The molecule has 7 nitrogen and oxygen atoms in total. The first-order chi connectivity index (χ1) is 7.34. The second kappa shape index (κ2) is 4.35. The van der Waals surface area contributed by atoms with E-state index in [0.717, 1.165) is 12.2 Å². The van der Waals surface area contributed by atoms with Gasteiger partial charge in [0.25, 0.3) is 0 Å². The molecule has 0 saturated heterocycles. The summed E-state index contributed by atoms with van der Waals surface area (Å²) < 4.78 is 0. The lowest BCUT2D eigenvalue weighted by atomic mass is 10.1. The molecule has 1 aliphatic carbocycles. The quantitative estimate of drug-likeness (QED) is 0.401. The summed E-state index contributed by atoms with van der Waals surface area (Å²) in [6, 6.07) is 0. The summed E-state index contributed by atoms with van der Waals surface area (Å²) in [6.45, 7) is 0. The zero-order chi connectivity index (χ0) is 12.5. The average Bonchev–Trinajstić information content (AvgIpc) is 2.16. The predicted molar refractivity (Wildman–Crippen MR) is 59.6 cm³/mol. The zero-order valence-corrected chi connectivity index (χ0v) is 9.32. The second-order valence-corrected chi connectivity index (χ2v) is 5.23. The molecule has 0 aromatic rings. The van der Waals surface area contributed by atoms with E-state index in [0.29, 0.717) is 4.86 Å². The van der Waals surface area contributed by atoms with Gasteiger partial charge in [-0.05, 0) is 12.5 Å². The number of Topliss-reactive ketones (excluding diaryl/α,β-unsaturated/α-hetero) is 1. The fourth-order valence-electron chi connectivity index (χ4n) is 1.08. The number of nitro groups is 2. The molecule has 0 N–H and O–H groups in total. The Bertz CT molecular complexity index is 449. The molecule has 86 valence electrons. The summed E-state index contributed by atoms with van der Waals surface area (Å²) in [6.07, 6.45) is 5.71. The van der Waals surface area contributed by atoms with Gasteiger partial charge in [-0.15, -0.1) is 0 Å². The van der Waals surface area contributed by atoms with Crippen LogP contribution in [-0.4, -0.2) is 33.0 Å². The predicted octanol–water partition coefficient (Wildman–Crippen LogP) is 0.591. The van der Waals surface area contributed by atoms with Gasteiger partial charge in [0.05, 0.1) is 9.85 Å². The molecule has 0 saturated carbocycles. The molecule has 0 heterocycles. The van der Waals surface area contributed by atoms with E-state index in [1.807, 2.05) is 0 Å². The van der Waals surface area contributed by atoms with Crippen molar-refractivity contribution in [1.29, 1.82) is 0 Å². The fraction of sp³-hybridized carbons (Fsp3) is 0.250. The van der Waals surface area contributed by atoms with Gasteiger partial charge >= 0.3 is 17.2 Å². The highest BCUT2D eigenvalue weighted by atomic mass is 32.2. The maximum Gasteiger partial charge on any atom is 0.332 e. The van der Waals surface area contributed by atoms with E-state index < -0.39 is 27.0 Å². The Balaban J connectivity index is 3.39. The Morgan fingerprint density at radius 1 is 1.06 bits per heavy atom. The molecule has 0 aromatic heterocycles. The van der Waals surface area contributed by atoms with E-state index in [1.165, 1.54) is 0 Å². The molecule has 0 unspecified atom stereocenters. The van der Waals surface area contributed by atoms with Crippen LogP contribution >= 0.6 is 10.5 Å². The van der Waals surface area contributed by atoms with Gasteiger partial charge in [-0.2, -0.15) is 10.5 Å². The van der Waals surface area contributed by atoms with Crippen molar-refractivity contribution in [3.05, 3.63) is 43.8 Å². The zero-order valence-electron chi connectivity index (χ0n) is 8.50. The molecule has 1 aliphatic rings. The average molecular weight is 244 g/mol. The highest BCUT2D eigenvalue weighted by Gasteiger charge is 2.37. The van der Waals surface area contributed by atoms with Crippen LogP contribution in [0.1, 0.15) is 0 Å². The number of nitrogens with zero attached hydrogens (tertiary/aromatic N) is 2. The highest BCUT2D eigenvalue weighted by Crippen LogP contribution is 2.19. The molecule has 1 rings (SSSR count). The van der Waals surface area contributed by atoms with Gasteiger partial charge in [0.2, 0.25) is 0 Å². The van der Waals surface area contributed by atoms with E-state index in [1.54, 1.807) is 12.5 Å². The maximum absolute atomic E-state index is 11.3. The summed E-state index contributed by atoms with van der Waals surface area (Å²) in [5.74, 6) is -1.15. The van der Waals surface area contributed by atoms with Gasteiger partial charge in [-0.1, -0.05) is 0 Å². The van der Waals surface area contributed by atoms with Crippen LogP contribution in [0.2, 0.25) is 0 Å². The van der Waals surface area contributed by atoms with Gasteiger partial charge < -0.3 is 0 Å². The van der Waals surface area contributed by atoms with Crippen LogP contribution < -0.4 is 0 Å². The molecule has 0 spiro atoms. The lowest BCUT2D eigenvalue weighted by Gasteiger charge is -2.06. The first-order valence-corrected chi connectivity index (χ1v) is 6.10. The van der Waals surface area contributed by atoms with Gasteiger partial charge in [0.15, 0.2) is 0 Å². The first kappa shape index (κ1) is 12.2. The van der Waals surface area contributed by atoms with Crippen molar-refractivity contribution >= 4 is 21.1 Å². The first-order valence-electron chi connectivity index (χ1n) is 4.06. The van der Waals surface area contributed by atoms with Crippen molar-refractivity contribution in [3.63, 3.8) is 0 Å². The van der Waals surface area contributed by atoms with Crippen molar-refractivity contribution < 1.29 is 14.6 Å². The van der Waals surface area contributed by atoms with E-state index in [9.17, 15) is 25.0 Å². The van der Waals surface area contributed by atoms with Crippen LogP contribution in [0.5, 0.6) is 0 Å². The highest BCUT2D eigenvalue weighted by molar-refractivity contribution is 8.15. The van der Waals surface area contributed by atoms with E-state index in [4.69, 9.17) is 0 Å². The Hall–Kier alpha value is -1.83. The number of ketones is 1. The van der Waals surface area contributed by atoms with Crippen molar-refractivity contribution in [3.8, 4) is 0 Å². The standard InChI is InChI=1S/C8H8N2O5S/c1-16(2)5-3-6(9(12)13)8(11)7(4-5)10(14)15/h3-4H,1-2H3. The van der Waals surface area contributed by atoms with Gasteiger partial charge in [-0.3, -0.25) is 25.0 Å². The molecule has 0 bridgehead atoms. The Labute approximate surface area is 92.7 Å². The summed E-state index contributed by atoms with van der Waals surface area (Å²) >= 11 is 0. The van der Waals surface area contributed by atoms with Crippen LogP contribution in [0.15, 0.2) is 23.5 Å². The Morgan fingerprint density at radius 3 is 1.69 bits per heavy atom. The molecule has 0 radical (unpaired) electrons.